The van der Waals surface area contributed by atoms with Gasteiger partial charge in [0.2, 0.25) is 0 Å². The third kappa shape index (κ3) is 5.95. The van der Waals surface area contributed by atoms with Crippen LogP contribution in [-0.4, -0.2) is 29.7 Å². The van der Waals surface area contributed by atoms with Crippen molar-refractivity contribution in [2.45, 2.75) is 25.8 Å². The molecule has 1 atom stereocenters. The molecule has 0 aliphatic heterocycles. The molecule has 0 heterocycles. The molecule has 8 heteroatoms. The van der Waals surface area contributed by atoms with Crippen LogP contribution < -0.4 is 10.1 Å². The number of hydrogen-bond donors (Lipinski definition) is 1. The Morgan fingerprint density at radius 1 is 1.27 bits per heavy atom. The summed E-state index contributed by atoms with van der Waals surface area (Å²) in [5.74, 6) is -0.269. The Balaban J connectivity index is 2.61. The monoisotopic (exact) mass is 429 g/mol. The van der Waals surface area contributed by atoms with Crippen molar-refractivity contribution < 1.29 is 14.3 Å². The van der Waals surface area contributed by atoms with Crippen LogP contribution in [0.1, 0.15) is 19.8 Å². The van der Waals surface area contributed by atoms with Gasteiger partial charge in [0, 0.05) is 16.8 Å². The van der Waals surface area contributed by atoms with Gasteiger partial charge in [-0.2, -0.15) is 0 Å². The lowest BCUT2D eigenvalue weighted by Crippen LogP contribution is -2.42. The average Bonchev–Trinajstić information content (AvgIpc) is 2.43. The standard InChI is InChI=1S/C14H15BrCl3NO3/c1-2-11(12(20)3-4-15)19-13(21)7-22-14-9(17)5-8(16)6-10(14)18/h5-6,11H,2-4,7H2,1H3,(H,19,21). The molecule has 1 aromatic carbocycles. The van der Waals surface area contributed by atoms with E-state index in [1.54, 1.807) is 0 Å². The maximum Gasteiger partial charge on any atom is 0.258 e. The van der Waals surface area contributed by atoms with Crippen LogP contribution in [0, 0.1) is 0 Å². The lowest BCUT2D eigenvalue weighted by molar-refractivity contribution is -0.128. The minimum atomic E-state index is -0.523. The summed E-state index contributed by atoms with van der Waals surface area (Å²) in [6.45, 7) is 1.53. The van der Waals surface area contributed by atoms with E-state index >= 15 is 0 Å². The van der Waals surface area contributed by atoms with E-state index in [1.165, 1.54) is 12.1 Å². The second-order valence-electron chi connectivity index (χ2n) is 4.42. The molecule has 0 aromatic heterocycles. The molecule has 0 spiro atoms. The summed E-state index contributed by atoms with van der Waals surface area (Å²) < 4.78 is 5.31. The Morgan fingerprint density at radius 3 is 2.36 bits per heavy atom. The van der Waals surface area contributed by atoms with Gasteiger partial charge in [-0.05, 0) is 18.6 Å². The molecule has 22 heavy (non-hydrogen) atoms. The molecular formula is C14H15BrCl3NO3. The van der Waals surface area contributed by atoms with E-state index in [4.69, 9.17) is 39.5 Å². The first kappa shape index (κ1) is 19.6. The lowest BCUT2D eigenvalue weighted by Gasteiger charge is -2.16. The van der Waals surface area contributed by atoms with E-state index in [0.717, 1.165) is 0 Å². The van der Waals surface area contributed by atoms with Crippen molar-refractivity contribution in [2.75, 3.05) is 11.9 Å². The van der Waals surface area contributed by atoms with E-state index in [0.29, 0.717) is 23.2 Å². The molecule has 0 radical (unpaired) electrons. The maximum absolute atomic E-state index is 11.9. The highest BCUT2D eigenvalue weighted by Crippen LogP contribution is 2.35. The number of ether oxygens (including phenoxy) is 1. The number of alkyl halides is 1. The first-order valence-corrected chi connectivity index (χ1v) is 8.80. The minimum absolute atomic E-state index is 0.0321. The van der Waals surface area contributed by atoms with E-state index in [-0.39, 0.29) is 28.2 Å². The van der Waals surface area contributed by atoms with E-state index in [9.17, 15) is 9.59 Å². The summed E-state index contributed by atoms with van der Waals surface area (Å²) in [7, 11) is 0. The first-order valence-electron chi connectivity index (χ1n) is 6.54. The fourth-order valence-electron chi connectivity index (χ4n) is 1.72. The molecule has 1 unspecified atom stereocenters. The van der Waals surface area contributed by atoms with Crippen LogP contribution in [0.2, 0.25) is 15.1 Å². The van der Waals surface area contributed by atoms with Gasteiger partial charge in [0.05, 0.1) is 16.1 Å². The number of carbonyl (C=O) groups excluding carboxylic acids is 2. The number of halogens is 4. The normalized spacial score (nSPS) is 11.9. The van der Waals surface area contributed by atoms with Crippen LogP contribution in [-0.2, 0) is 9.59 Å². The highest BCUT2D eigenvalue weighted by Gasteiger charge is 2.19. The zero-order chi connectivity index (χ0) is 16.7. The second kappa shape index (κ2) is 9.60. The lowest BCUT2D eigenvalue weighted by atomic mass is 10.1. The molecule has 1 aromatic rings. The fourth-order valence-corrected chi connectivity index (χ4v) is 3.04. The number of rotatable bonds is 8. The van der Waals surface area contributed by atoms with Crippen LogP contribution in [0.5, 0.6) is 5.75 Å². The van der Waals surface area contributed by atoms with Gasteiger partial charge >= 0.3 is 0 Å². The summed E-state index contributed by atoms with van der Waals surface area (Å²) >= 11 is 20.9. The molecule has 0 fully saturated rings. The van der Waals surface area contributed by atoms with Crippen LogP contribution in [0.15, 0.2) is 12.1 Å². The number of carbonyl (C=O) groups is 2. The molecule has 0 bridgehead atoms. The zero-order valence-corrected chi connectivity index (χ0v) is 15.7. The number of benzene rings is 1. The Morgan fingerprint density at radius 2 is 1.86 bits per heavy atom. The number of nitrogens with one attached hydrogen (secondary N) is 1. The van der Waals surface area contributed by atoms with Gasteiger partial charge in [-0.15, -0.1) is 0 Å². The molecule has 0 saturated carbocycles. The summed E-state index contributed by atoms with van der Waals surface area (Å²) in [4.78, 5) is 23.7. The SMILES string of the molecule is CCC(NC(=O)COc1c(Cl)cc(Cl)cc1Cl)C(=O)CCBr. The Kier molecular flexibility index (Phi) is 8.54. The number of amides is 1. The number of Topliss-reactive ketones (excluding diaryl/α,β-unsaturated/α-hetero) is 1. The Hall–Kier alpha value is -0.490. The quantitative estimate of drug-likeness (QED) is 0.626. The summed E-state index contributed by atoms with van der Waals surface area (Å²) in [6.07, 6.45) is 0.870. The predicted octanol–water partition coefficient (Wildman–Crippen LogP) is 4.27. The fraction of sp³-hybridized carbons (Fsp3) is 0.429. The molecule has 0 saturated heterocycles. The summed E-state index contributed by atoms with van der Waals surface area (Å²) in [5, 5.41) is 3.99. The smallest absolute Gasteiger partial charge is 0.258 e. The van der Waals surface area contributed by atoms with Crippen LogP contribution >= 0.6 is 50.7 Å². The van der Waals surface area contributed by atoms with Crippen molar-refractivity contribution >= 4 is 62.4 Å². The van der Waals surface area contributed by atoms with E-state index < -0.39 is 11.9 Å². The second-order valence-corrected chi connectivity index (χ2v) is 6.46. The van der Waals surface area contributed by atoms with Crippen molar-refractivity contribution in [3.05, 3.63) is 27.2 Å². The summed E-state index contributed by atoms with van der Waals surface area (Å²) in [5.41, 5.74) is 0. The van der Waals surface area contributed by atoms with Crippen molar-refractivity contribution in [1.82, 2.24) is 5.32 Å². The predicted molar refractivity (Wildman–Crippen MR) is 92.6 cm³/mol. The first-order chi connectivity index (χ1) is 10.4. The third-order valence-corrected chi connectivity index (χ3v) is 3.96. The highest BCUT2D eigenvalue weighted by molar-refractivity contribution is 9.09. The topological polar surface area (TPSA) is 55.4 Å². The van der Waals surface area contributed by atoms with Crippen LogP contribution in [0.25, 0.3) is 0 Å². The van der Waals surface area contributed by atoms with Gasteiger partial charge < -0.3 is 10.1 Å². The maximum atomic E-state index is 11.9. The van der Waals surface area contributed by atoms with Crippen molar-refractivity contribution in [1.29, 1.82) is 0 Å². The average molecular weight is 432 g/mol. The minimum Gasteiger partial charge on any atom is -0.481 e. The molecule has 4 nitrogen and oxygen atoms in total. The van der Waals surface area contributed by atoms with Crippen molar-refractivity contribution in [2.24, 2.45) is 0 Å². The highest BCUT2D eigenvalue weighted by atomic mass is 79.9. The molecule has 1 N–H and O–H groups in total. The largest absolute Gasteiger partial charge is 0.481 e. The van der Waals surface area contributed by atoms with Crippen LogP contribution in [0.3, 0.4) is 0 Å². The molecule has 122 valence electrons. The van der Waals surface area contributed by atoms with Gasteiger partial charge in [0.15, 0.2) is 18.1 Å². The van der Waals surface area contributed by atoms with Gasteiger partial charge in [-0.1, -0.05) is 57.7 Å². The Labute approximate surface area is 152 Å². The Bertz CT molecular complexity index is 531. The van der Waals surface area contributed by atoms with Crippen LogP contribution in [0.4, 0.5) is 0 Å². The molecular weight excluding hydrogens is 416 g/mol. The van der Waals surface area contributed by atoms with E-state index in [1.807, 2.05) is 6.92 Å². The van der Waals surface area contributed by atoms with Gasteiger partial charge in [-0.25, -0.2) is 0 Å². The number of ketones is 1. The molecule has 1 rings (SSSR count). The van der Waals surface area contributed by atoms with Crippen molar-refractivity contribution in [3.63, 3.8) is 0 Å². The van der Waals surface area contributed by atoms with E-state index in [2.05, 4.69) is 21.2 Å². The summed E-state index contributed by atoms with van der Waals surface area (Å²) in [6, 6.07) is 2.41. The van der Waals surface area contributed by atoms with Gasteiger partial charge in [-0.3, -0.25) is 9.59 Å². The van der Waals surface area contributed by atoms with Gasteiger partial charge in [0.1, 0.15) is 0 Å². The zero-order valence-electron chi connectivity index (χ0n) is 11.8. The number of hydrogen-bond acceptors (Lipinski definition) is 3. The molecule has 1 amide bonds. The molecule has 0 aliphatic carbocycles. The van der Waals surface area contributed by atoms with Crippen molar-refractivity contribution in [3.8, 4) is 5.75 Å². The molecule has 0 aliphatic rings. The van der Waals surface area contributed by atoms with Gasteiger partial charge in [0.25, 0.3) is 5.91 Å². The third-order valence-electron chi connectivity index (χ3n) is 2.78.